The zero-order valence-electron chi connectivity index (χ0n) is 27.5. The number of aromatic nitrogens is 2. The van der Waals surface area contributed by atoms with Crippen LogP contribution in [0.4, 0.5) is 11.6 Å². The fourth-order valence-electron chi connectivity index (χ4n) is 5.14. The van der Waals surface area contributed by atoms with Crippen LogP contribution in [-0.4, -0.2) is 111 Å². The van der Waals surface area contributed by atoms with Gasteiger partial charge < -0.3 is 34.5 Å². The molecule has 0 saturated carbocycles. The molecule has 1 saturated heterocycles. The molecule has 2 aliphatic heterocycles. The zero-order valence-corrected chi connectivity index (χ0v) is 28.4. The summed E-state index contributed by atoms with van der Waals surface area (Å²) in [5.41, 5.74) is 6.83. The van der Waals surface area contributed by atoms with E-state index in [1.807, 2.05) is 6.92 Å². The number of nitrogens with two attached hydrogens (primary N) is 1. The molecule has 1 aromatic rings. The van der Waals surface area contributed by atoms with E-state index in [1.54, 1.807) is 4.90 Å². The van der Waals surface area contributed by atoms with Crippen LogP contribution in [0.5, 0.6) is 6.01 Å². The summed E-state index contributed by atoms with van der Waals surface area (Å²) in [7, 11) is -4.17. The lowest BCUT2D eigenvalue weighted by Crippen LogP contribution is -2.41. The smallest absolute Gasteiger partial charge is 0.460 e. The van der Waals surface area contributed by atoms with Crippen molar-refractivity contribution in [2.75, 3.05) is 89.7 Å². The van der Waals surface area contributed by atoms with Gasteiger partial charge in [-0.15, -0.1) is 0 Å². The fourth-order valence-corrected chi connectivity index (χ4v) is 5.83. The molecule has 2 aliphatic rings. The molecule has 15 heteroatoms. The second-order valence-electron chi connectivity index (χ2n) is 11.8. The van der Waals surface area contributed by atoms with E-state index in [1.165, 1.54) is 0 Å². The highest BCUT2D eigenvalue weighted by molar-refractivity contribution is 7.47. The minimum absolute atomic E-state index is 0.0315. The average Bonchev–Trinajstić information content (AvgIpc) is 3.31. The maximum absolute atomic E-state index is 12.9. The number of ether oxygens (including phenoxy) is 4. The van der Waals surface area contributed by atoms with Crippen molar-refractivity contribution in [2.45, 2.75) is 72.3 Å². The van der Waals surface area contributed by atoms with Crippen LogP contribution in [0.3, 0.4) is 0 Å². The number of hydrogen-bond acceptors (Lipinski definition) is 12. The number of phosphoric ester groups is 1. The second kappa shape index (κ2) is 19.7. The molecule has 0 bridgehead atoms. The van der Waals surface area contributed by atoms with E-state index in [4.69, 9.17) is 33.7 Å². The van der Waals surface area contributed by atoms with Gasteiger partial charge in [-0.1, -0.05) is 33.6 Å². The maximum atomic E-state index is 12.9. The van der Waals surface area contributed by atoms with Gasteiger partial charge in [0.15, 0.2) is 0 Å². The molecule has 1 fully saturated rings. The van der Waals surface area contributed by atoms with E-state index < -0.39 is 7.82 Å². The van der Waals surface area contributed by atoms with Crippen molar-refractivity contribution < 1.29 is 42.2 Å². The van der Waals surface area contributed by atoms with Crippen LogP contribution in [0.1, 0.15) is 65.4 Å². The molecule has 1 aromatic heterocycles. The number of likely N-dealkylation sites (tertiary alicyclic amines) is 1. The lowest BCUT2D eigenvalue weighted by molar-refractivity contribution is -0.117. The third kappa shape index (κ3) is 13.4. The largest absolute Gasteiger partial charge is 0.472 e. The molecule has 3 atom stereocenters. The van der Waals surface area contributed by atoms with Crippen molar-refractivity contribution in [3.05, 3.63) is 5.56 Å². The zero-order chi connectivity index (χ0) is 32.7. The summed E-state index contributed by atoms with van der Waals surface area (Å²) in [5.74, 6) is 1.65. The fraction of sp³-hybridized carbons (Fsp3) is 0.833. The number of carbonyl (C=O) groups excluding carboxylic acids is 1. The predicted molar refractivity (Wildman–Crippen MR) is 170 cm³/mol. The van der Waals surface area contributed by atoms with Gasteiger partial charge in [-0.25, -0.2) is 4.57 Å². The summed E-state index contributed by atoms with van der Waals surface area (Å²) in [5, 5.41) is 0. The molecule has 45 heavy (non-hydrogen) atoms. The summed E-state index contributed by atoms with van der Waals surface area (Å²) in [6.07, 6.45) is 4.83. The number of piperidine rings is 1. The van der Waals surface area contributed by atoms with Gasteiger partial charge >= 0.3 is 13.8 Å². The number of nitrogens with zero attached hydrogens (tertiary/aromatic N) is 4. The number of carbonyl (C=O) groups is 1. The molecule has 258 valence electrons. The lowest BCUT2D eigenvalue weighted by atomic mass is 9.96. The van der Waals surface area contributed by atoms with Gasteiger partial charge in [0, 0.05) is 25.3 Å². The highest BCUT2D eigenvalue weighted by atomic mass is 31.2. The summed E-state index contributed by atoms with van der Waals surface area (Å²) in [6.45, 7) is 13.7. The number of phosphoric acid groups is 1. The Kier molecular flexibility index (Phi) is 16.4. The Morgan fingerprint density at radius 3 is 2.29 bits per heavy atom. The van der Waals surface area contributed by atoms with Crippen LogP contribution in [-0.2, 0) is 39.0 Å². The monoisotopic (exact) mass is 659 g/mol. The van der Waals surface area contributed by atoms with Crippen LogP contribution in [0.2, 0.25) is 0 Å². The average molecular weight is 660 g/mol. The highest BCUT2D eigenvalue weighted by Gasteiger charge is 2.35. The van der Waals surface area contributed by atoms with E-state index in [-0.39, 0.29) is 50.2 Å². The van der Waals surface area contributed by atoms with Gasteiger partial charge in [0.25, 0.3) is 0 Å². The Hall–Kier alpha value is -1.90. The SMILES string of the molecule is CCC[C@H](C)Oc1nc(N)c2c(n1)N(CC1CCN(CCOP(=O)(O)OCCOCCOCCOC[C@H](C)CC)CC1)C(=O)C2. The highest BCUT2D eigenvalue weighted by Crippen LogP contribution is 2.42. The van der Waals surface area contributed by atoms with Crippen molar-refractivity contribution in [3.63, 3.8) is 0 Å². The standard InChI is InChI=1S/C30H54N5O9P/c1-5-7-24(4)44-30-32-28(31)26-20-27(36)35(29(26)33-30)21-25-8-10-34(11-9-25)12-13-42-45(37,38)43-19-18-40-15-14-39-16-17-41-22-23(3)6-2/h23-25H,5-22H2,1-4H3,(H,37,38)(H2,31,32,33)/t23-,24+/m1/s1. The van der Waals surface area contributed by atoms with Gasteiger partial charge in [0.2, 0.25) is 5.91 Å². The molecule has 0 aliphatic carbocycles. The summed E-state index contributed by atoms with van der Waals surface area (Å²) in [4.78, 5) is 35.6. The summed E-state index contributed by atoms with van der Waals surface area (Å²) in [6, 6.07) is 0.207. The topological polar surface area (TPSA) is 168 Å². The van der Waals surface area contributed by atoms with E-state index in [0.29, 0.717) is 62.6 Å². The van der Waals surface area contributed by atoms with E-state index in [0.717, 1.165) is 51.8 Å². The molecule has 1 unspecified atom stereocenters. The molecule has 0 aromatic carbocycles. The van der Waals surface area contributed by atoms with Crippen LogP contribution in [0.15, 0.2) is 0 Å². The quantitative estimate of drug-likeness (QED) is 0.130. The van der Waals surface area contributed by atoms with Crippen LogP contribution >= 0.6 is 7.82 Å². The predicted octanol–water partition coefficient (Wildman–Crippen LogP) is 3.46. The van der Waals surface area contributed by atoms with Gasteiger partial charge in [0.05, 0.1) is 58.8 Å². The van der Waals surface area contributed by atoms with Crippen molar-refractivity contribution in [1.29, 1.82) is 0 Å². The second-order valence-corrected chi connectivity index (χ2v) is 13.3. The van der Waals surface area contributed by atoms with Gasteiger partial charge in [-0.2, -0.15) is 9.97 Å². The number of anilines is 2. The molecule has 0 radical (unpaired) electrons. The van der Waals surface area contributed by atoms with E-state index >= 15 is 0 Å². The van der Waals surface area contributed by atoms with Crippen molar-refractivity contribution in [2.24, 2.45) is 11.8 Å². The van der Waals surface area contributed by atoms with E-state index in [2.05, 4.69) is 35.6 Å². The summed E-state index contributed by atoms with van der Waals surface area (Å²) >= 11 is 0. The van der Waals surface area contributed by atoms with Crippen molar-refractivity contribution in [3.8, 4) is 6.01 Å². The summed E-state index contributed by atoms with van der Waals surface area (Å²) < 4.78 is 44.6. The Morgan fingerprint density at radius 2 is 1.62 bits per heavy atom. The lowest BCUT2D eigenvalue weighted by Gasteiger charge is -2.33. The van der Waals surface area contributed by atoms with Gasteiger partial charge in [-0.05, 0) is 51.1 Å². The number of amides is 1. The molecule has 1 amide bonds. The van der Waals surface area contributed by atoms with Crippen molar-refractivity contribution >= 4 is 25.4 Å². The minimum Gasteiger partial charge on any atom is -0.460 e. The van der Waals surface area contributed by atoms with Crippen LogP contribution < -0.4 is 15.4 Å². The Balaban J connectivity index is 1.27. The van der Waals surface area contributed by atoms with Gasteiger partial charge in [-0.3, -0.25) is 18.7 Å². The first-order valence-corrected chi connectivity index (χ1v) is 17.8. The molecule has 14 nitrogen and oxygen atoms in total. The normalized spacial score (nSPS) is 18.6. The first-order valence-electron chi connectivity index (χ1n) is 16.3. The first-order chi connectivity index (χ1) is 21.6. The number of nitrogen functional groups attached to an aromatic ring is 1. The minimum atomic E-state index is -4.17. The number of hydrogen-bond donors (Lipinski definition) is 2. The van der Waals surface area contributed by atoms with Gasteiger partial charge in [0.1, 0.15) is 11.6 Å². The van der Waals surface area contributed by atoms with Crippen molar-refractivity contribution in [1.82, 2.24) is 14.9 Å². The molecule has 3 rings (SSSR count). The molecular formula is C30H54N5O9P. The molecule has 3 heterocycles. The van der Waals surface area contributed by atoms with Crippen LogP contribution in [0.25, 0.3) is 0 Å². The Morgan fingerprint density at radius 1 is 0.978 bits per heavy atom. The first kappa shape index (κ1) is 37.6. The number of fused-ring (bicyclic) bond motifs is 1. The number of rotatable bonds is 23. The third-order valence-electron chi connectivity index (χ3n) is 8.02. The molecular weight excluding hydrogens is 605 g/mol. The maximum Gasteiger partial charge on any atom is 0.472 e. The van der Waals surface area contributed by atoms with Crippen LogP contribution in [0, 0.1) is 11.8 Å². The van der Waals surface area contributed by atoms with E-state index in [9.17, 15) is 14.3 Å². The Bertz CT molecular complexity index is 1080. The molecule has 0 spiro atoms. The molecule has 3 N–H and O–H groups in total. The Labute approximate surface area is 267 Å². The third-order valence-corrected chi connectivity index (χ3v) is 9.04.